The Labute approximate surface area is 160 Å². The molecule has 3 heterocycles. The molecule has 9 heteroatoms. The van der Waals surface area contributed by atoms with Gasteiger partial charge in [0.1, 0.15) is 5.75 Å². The summed E-state index contributed by atoms with van der Waals surface area (Å²) in [5, 5.41) is 0. The Kier molecular flexibility index (Phi) is 5.73. The van der Waals surface area contributed by atoms with E-state index in [-0.39, 0.29) is 11.9 Å². The van der Waals surface area contributed by atoms with E-state index < -0.39 is 15.6 Å². The molecule has 1 atom stereocenters. The van der Waals surface area contributed by atoms with Gasteiger partial charge in [-0.25, -0.2) is 8.42 Å². The molecule has 0 bridgehead atoms. The van der Waals surface area contributed by atoms with Crippen molar-refractivity contribution in [1.82, 2.24) is 14.2 Å². The number of aromatic nitrogens is 1. The van der Waals surface area contributed by atoms with Crippen molar-refractivity contribution in [2.45, 2.75) is 37.3 Å². The van der Waals surface area contributed by atoms with Crippen molar-refractivity contribution in [2.24, 2.45) is 0 Å². The van der Waals surface area contributed by atoms with E-state index in [2.05, 4.69) is 4.98 Å². The third-order valence-corrected chi connectivity index (χ3v) is 7.07. The molecule has 150 valence electrons. The van der Waals surface area contributed by atoms with Gasteiger partial charge in [-0.1, -0.05) is 0 Å². The molecule has 0 radical (unpaired) electrons. The molecule has 2 aliphatic heterocycles. The summed E-state index contributed by atoms with van der Waals surface area (Å²) in [6.07, 6.45) is 7.19. The lowest BCUT2D eigenvalue weighted by molar-refractivity contribution is 0.0502. The normalized spacial score (nSPS) is 22.9. The van der Waals surface area contributed by atoms with E-state index >= 15 is 0 Å². The number of likely N-dealkylation sites (tertiary alicyclic amines) is 1. The van der Waals surface area contributed by atoms with Crippen molar-refractivity contribution >= 4 is 15.9 Å². The Bertz CT molecular complexity index is 790. The Morgan fingerprint density at radius 3 is 2.59 bits per heavy atom. The number of carbonyl (C=O) groups excluding carboxylic acids is 1. The monoisotopic (exact) mass is 397 g/mol. The van der Waals surface area contributed by atoms with Gasteiger partial charge in [-0.05, 0) is 31.7 Å². The number of sulfonamides is 1. The molecule has 0 aliphatic carbocycles. The zero-order valence-electron chi connectivity index (χ0n) is 16.1. The minimum atomic E-state index is -3.36. The maximum atomic E-state index is 12.9. The number of carbonyl (C=O) groups is 1. The molecular formula is C18H27N3O5S. The van der Waals surface area contributed by atoms with Gasteiger partial charge >= 0.3 is 0 Å². The van der Waals surface area contributed by atoms with Gasteiger partial charge in [-0.2, -0.15) is 4.31 Å². The first kappa shape index (κ1) is 20.0. The van der Waals surface area contributed by atoms with E-state index in [9.17, 15) is 13.2 Å². The quantitative estimate of drug-likeness (QED) is 0.740. The molecule has 1 amide bonds. The van der Waals surface area contributed by atoms with Crippen molar-refractivity contribution in [3.8, 4) is 5.75 Å². The molecule has 0 saturated carbocycles. The summed E-state index contributed by atoms with van der Waals surface area (Å²) >= 11 is 0. The fourth-order valence-electron chi connectivity index (χ4n) is 4.50. The molecule has 2 fully saturated rings. The number of pyridine rings is 1. The lowest BCUT2D eigenvalue weighted by Crippen LogP contribution is -2.57. The van der Waals surface area contributed by atoms with Crippen LogP contribution in [0.4, 0.5) is 0 Å². The molecule has 1 aromatic rings. The second-order valence-electron chi connectivity index (χ2n) is 7.30. The van der Waals surface area contributed by atoms with Crippen LogP contribution in [0.3, 0.4) is 0 Å². The first-order valence-electron chi connectivity index (χ1n) is 9.08. The predicted molar refractivity (Wildman–Crippen MR) is 100 cm³/mol. The van der Waals surface area contributed by atoms with Crippen LogP contribution in [0.2, 0.25) is 0 Å². The van der Waals surface area contributed by atoms with Crippen molar-refractivity contribution in [1.29, 1.82) is 0 Å². The van der Waals surface area contributed by atoms with Crippen molar-refractivity contribution in [2.75, 3.05) is 40.2 Å². The number of piperidine rings is 1. The van der Waals surface area contributed by atoms with E-state index in [1.54, 1.807) is 28.6 Å². The summed E-state index contributed by atoms with van der Waals surface area (Å²) in [4.78, 5) is 18.6. The standard InChI is InChI=1S/C18H27N3O5S/c1-25-13-14-4-6-18(21(14)27(3,23)24)7-10-20(11-8-18)17(22)15-5-9-19-12-16(15)26-2/h5,9,12,14H,4,6-8,10-11,13H2,1-3H3. The minimum Gasteiger partial charge on any atom is -0.494 e. The van der Waals surface area contributed by atoms with Gasteiger partial charge in [0.05, 0.1) is 31.7 Å². The van der Waals surface area contributed by atoms with Crippen LogP contribution in [0, 0.1) is 0 Å². The Balaban J connectivity index is 1.77. The van der Waals surface area contributed by atoms with Crippen LogP contribution < -0.4 is 4.74 Å². The number of methoxy groups -OCH3 is 2. The zero-order chi connectivity index (χ0) is 19.7. The number of hydrogen-bond acceptors (Lipinski definition) is 6. The maximum absolute atomic E-state index is 12.9. The average molecular weight is 397 g/mol. The summed E-state index contributed by atoms with van der Waals surface area (Å²) in [6, 6.07) is 1.52. The minimum absolute atomic E-state index is 0.110. The number of ether oxygens (including phenoxy) is 2. The third-order valence-electron chi connectivity index (χ3n) is 5.67. The van der Waals surface area contributed by atoms with Gasteiger partial charge in [0.25, 0.3) is 5.91 Å². The summed E-state index contributed by atoms with van der Waals surface area (Å²) in [5.74, 6) is 0.336. The van der Waals surface area contributed by atoms with Crippen LogP contribution in [-0.4, -0.2) is 80.3 Å². The highest BCUT2D eigenvalue weighted by Crippen LogP contribution is 2.43. The van der Waals surface area contributed by atoms with Crippen LogP contribution in [0.15, 0.2) is 18.5 Å². The average Bonchev–Trinajstić information content (AvgIpc) is 3.00. The Morgan fingerprint density at radius 1 is 1.30 bits per heavy atom. The molecule has 8 nitrogen and oxygen atoms in total. The molecule has 1 unspecified atom stereocenters. The molecule has 1 aromatic heterocycles. The first-order chi connectivity index (χ1) is 12.8. The molecule has 2 saturated heterocycles. The van der Waals surface area contributed by atoms with Gasteiger partial charge in [0.15, 0.2) is 0 Å². The second-order valence-corrected chi connectivity index (χ2v) is 9.16. The number of rotatable bonds is 5. The van der Waals surface area contributed by atoms with E-state index in [0.717, 1.165) is 12.8 Å². The van der Waals surface area contributed by atoms with Crippen LogP contribution in [0.1, 0.15) is 36.0 Å². The van der Waals surface area contributed by atoms with Crippen LogP contribution in [0.5, 0.6) is 5.75 Å². The lowest BCUT2D eigenvalue weighted by Gasteiger charge is -2.45. The predicted octanol–water partition coefficient (Wildman–Crippen LogP) is 1.14. The van der Waals surface area contributed by atoms with Crippen molar-refractivity contribution < 1.29 is 22.7 Å². The number of hydrogen-bond donors (Lipinski definition) is 0. The van der Waals surface area contributed by atoms with E-state index in [0.29, 0.717) is 43.9 Å². The number of amides is 1. The van der Waals surface area contributed by atoms with Crippen molar-refractivity contribution in [3.63, 3.8) is 0 Å². The summed E-state index contributed by atoms with van der Waals surface area (Å²) in [7, 11) is -0.257. The highest BCUT2D eigenvalue weighted by atomic mass is 32.2. The third kappa shape index (κ3) is 3.81. The topological polar surface area (TPSA) is 89.0 Å². The second kappa shape index (κ2) is 7.73. The molecular weight excluding hydrogens is 370 g/mol. The zero-order valence-corrected chi connectivity index (χ0v) is 16.9. The van der Waals surface area contributed by atoms with E-state index in [1.165, 1.54) is 19.6 Å². The highest BCUT2D eigenvalue weighted by Gasteiger charge is 2.52. The largest absolute Gasteiger partial charge is 0.494 e. The first-order valence-corrected chi connectivity index (χ1v) is 10.9. The summed E-state index contributed by atoms with van der Waals surface area (Å²) in [5.41, 5.74) is 0.0581. The molecule has 27 heavy (non-hydrogen) atoms. The highest BCUT2D eigenvalue weighted by molar-refractivity contribution is 7.88. The maximum Gasteiger partial charge on any atom is 0.257 e. The molecule has 3 rings (SSSR count). The SMILES string of the molecule is COCC1CCC2(CCN(C(=O)c3ccncc3OC)CC2)N1S(C)(=O)=O. The van der Waals surface area contributed by atoms with Gasteiger partial charge < -0.3 is 14.4 Å². The van der Waals surface area contributed by atoms with E-state index in [1.807, 2.05) is 0 Å². The molecule has 0 aromatic carbocycles. The van der Waals surface area contributed by atoms with Crippen LogP contribution in [-0.2, 0) is 14.8 Å². The molecule has 0 N–H and O–H groups in total. The van der Waals surface area contributed by atoms with Crippen molar-refractivity contribution in [3.05, 3.63) is 24.0 Å². The van der Waals surface area contributed by atoms with Gasteiger partial charge in [0.2, 0.25) is 10.0 Å². The summed E-state index contributed by atoms with van der Waals surface area (Å²) < 4.78 is 37.1. The van der Waals surface area contributed by atoms with Gasteiger partial charge in [0, 0.05) is 38.0 Å². The van der Waals surface area contributed by atoms with Crippen LogP contribution >= 0.6 is 0 Å². The lowest BCUT2D eigenvalue weighted by atomic mass is 9.86. The van der Waals surface area contributed by atoms with Gasteiger partial charge in [-0.15, -0.1) is 0 Å². The molecule has 2 aliphatic rings. The fraction of sp³-hybridized carbons (Fsp3) is 0.667. The summed E-state index contributed by atoms with van der Waals surface area (Å²) in [6.45, 7) is 1.41. The van der Waals surface area contributed by atoms with E-state index in [4.69, 9.17) is 9.47 Å². The number of nitrogens with zero attached hydrogens (tertiary/aromatic N) is 3. The Morgan fingerprint density at radius 2 is 2.00 bits per heavy atom. The Hall–Kier alpha value is -1.71. The molecule has 1 spiro atoms. The van der Waals surface area contributed by atoms with Crippen LogP contribution in [0.25, 0.3) is 0 Å². The smallest absolute Gasteiger partial charge is 0.257 e. The fourth-order valence-corrected chi connectivity index (χ4v) is 6.19. The van der Waals surface area contributed by atoms with Gasteiger partial charge in [-0.3, -0.25) is 9.78 Å².